The van der Waals surface area contributed by atoms with Crippen LogP contribution in [-0.2, 0) is 0 Å². The lowest BCUT2D eigenvalue weighted by Gasteiger charge is -2.28. The molecule has 60 heavy (non-hydrogen) atoms. The standard InChI is InChI=1S/C55H34N2O2S/c1-3-12-36(13-4-1)42-16-7-9-20-47(42)57(41-29-24-37(25-30-41)43-18-11-19-45-44-17-8-10-21-51(44)60-54(43)45)40-27-22-35(23-28-40)39-26-31-46-50(34-39)58-48-32-33-49-53(52(46)48)56-55(59-49)38-14-5-2-6-15-38/h1-34H. The highest BCUT2D eigenvalue weighted by Gasteiger charge is 2.20. The first-order valence-corrected chi connectivity index (χ1v) is 20.9. The molecule has 0 aliphatic heterocycles. The van der Waals surface area contributed by atoms with Crippen molar-refractivity contribution in [3.63, 3.8) is 0 Å². The van der Waals surface area contributed by atoms with Crippen molar-refractivity contribution in [3.8, 4) is 44.8 Å². The minimum atomic E-state index is 0.602. The fourth-order valence-electron chi connectivity index (χ4n) is 8.66. The van der Waals surface area contributed by atoms with Crippen LogP contribution in [0.3, 0.4) is 0 Å². The smallest absolute Gasteiger partial charge is 0.227 e. The summed E-state index contributed by atoms with van der Waals surface area (Å²) in [5.41, 5.74) is 14.3. The summed E-state index contributed by atoms with van der Waals surface area (Å²) in [4.78, 5) is 7.29. The molecule has 3 aromatic heterocycles. The van der Waals surface area contributed by atoms with E-state index in [2.05, 4.69) is 169 Å². The van der Waals surface area contributed by atoms with E-state index in [0.29, 0.717) is 5.89 Å². The fraction of sp³-hybridized carbons (Fsp3) is 0. The quantitative estimate of drug-likeness (QED) is 0.161. The molecule has 3 heterocycles. The molecule has 0 bridgehead atoms. The lowest BCUT2D eigenvalue weighted by atomic mass is 9.99. The van der Waals surface area contributed by atoms with E-state index in [0.717, 1.165) is 72.4 Å². The van der Waals surface area contributed by atoms with Crippen LogP contribution in [0.4, 0.5) is 17.1 Å². The predicted molar refractivity (Wildman–Crippen MR) is 251 cm³/mol. The number of nitrogens with zero attached hydrogens (tertiary/aromatic N) is 2. The van der Waals surface area contributed by atoms with Crippen LogP contribution >= 0.6 is 11.3 Å². The molecule has 0 unspecified atom stereocenters. The molecule has 0 atom stereocenters. The molecule has 12 aromatic rings. The third-order valence-electron chi connectivity index (χ3n) is 11.5. The zero-order valence-corrected chi connectivity index (χ0v) is 33.1. The van der Waals surface area contributed by atoms with E-state index < -0.39 is 0 Å². The Morgan fingerprint density at radius 3 is 1.82 bits per heavy atom. The molecule has 0 saturated carbocycles. The number of thiophene rings is 1. The average molecular weight is 787 g/mol. The summed E-state index contributed by atoms with van der Waals surface area (Å²) in [6.45, 7) is 0. The molecule has 0 amide bonds. The van der Waals surface area contributed by atoms with Crippen molar-refractivity contribution < 1.29 is 8.83 Å². The van der Waals surface area contributed by atoms with Crippen LogP contribution < -0.4 is 4.90 Å². The Balaban J connectivity index is 0.933. The summed E-state index contributed by atoms with van der Waals surface area (Å²) in [6, 6.07) is 72.9. The summed E-state index contributed by atoms with van der Waals surface area (Å²) in [7, 11) is 0. The fourth-order valence-corrected chi connectivity index (χ4v) is 9.90. The zero-order chi connectivity index (χ0) is 39.6. The van der Waals surface area contributed by atoms with Crippen LogP contribution in [-0.4, -0.2) is 4.98 Å². The van der Waals surface area contributed by atoms with Gasteiger partial charge in [-0.05, 0) is 101 Å². The highest BCUT2D eigenvalue weighted by molar-refractivity contribution is 7.26. The van der Waals surface area contributed by atoms with E-state index >= 15 is 0 Å². The molecule has 5 heteroatoms. The number of benzene rings is 9. The Bertz CT molecular complexity index is 3530. The van der Waals surface area contributed by atoms with Crippen LogP contribution in [0.2, 0.25) is 0 Å². The number of aromatic nitrogens is 1. The lowest BCUT2D eigenvalue weighted by Crippen LogP contribution is -2.11. The van der Waals surface area contributed by atoms with E-state index in [1.165, 1.54) is 36.9 Å². The van der Waals surface area contributed by atoms with Crippen molar-refractivity contribution in [1.82, 2.24) is 4.98 Å². The molecule has 0 aliphatic carbocycles. The second kappa shape index (κ2) is 14.0. The van der Waals surface area contributed by atoms with Gasteiger partial charge in [0.25, 0.3) is 0 Å². The van der Waals surface area contributed by atoms with Gasteiger partial charge in [0.1, 0.15) is 16.7 Å². The Labute approximate surface area is 349 Å². The number of para-hydroxylation sites is 1. The molecule has 0 radical (unpaired) electrons. The Morgan fingerprint density at radius 1 is 0.400 bits per heavy atom. The maximum absolute atomic E-state index is 6.46. The van der Waals surface area contributed by atoms with E-state index in [9.17, 15) is 0 Å². The first-order chi connectivity index (χ1) is 29.7. The van der Waals surface area contributed by atoms with Gasteiger partial charge < -0.3 is 13.7 Å². The molecular weight excluding hydrogens is 753 g/mol. The van der Waals surface area contributed by atoms with Crippen molar-refractivity contribution in [2.45, 2.75) is 0 Å². The molecular formula is C55H34N2O2S. The van der Waals surface area contributed by atoms with Crippen molar-refractivity contribution in [2.75, 3.05) is 4.90 Å². The largest absolute Gasteiger partial charge is 0.456 e. The normalized spacial score (nSPS) is 11.7. The second-order valence-electron chi connectivity index (χ2n) is 15.1. The predicted octanol–water partition coefficient (Wildman–Crippen LogP) is 16.2. The number of hydrogen-bond donors (Lipinski definition) is 0. The van der Waals surface area contributed by atoms with Crippen molar-refractivity contribution >= 4 is 81.6 Å². The van der Waals surface area contributed by atoms with Gasteiger partial charge in [-0.1, -0.05) is 133 Å². The maximum Gasteiger partial charge on any atom is 0.227 e. The van der Waals surface area contributed by atoms with Crippen LogP contribution in [0.5, 0.6) is 0 Å². The van der Waals surface area contributed by atoms with E-state index in [1.807, 2.05) is 53.8 Å². The van der Waals surface area contributed by atoms with Gasteiger partial charge in [-0.2, -0.15) is 0 Å². The third kappa shape index (κ3) is 5.70. The molecule has 9 aromatic carbocycles. The van der Waals surface area contributed by atoms with Gasteiger partial charge in [0.2, 0.25) is 5.89 Å². The minimum Gasteiger partial charge on any atom is -0.456 e. The number of hydrogen-bond acceptors (Lipinski definition) is 5. The van der Waals surface area contributed by atoms with Crippen LogP contribution in [0.1, 0.15) is 0 Å². The molecule has 12 rings (SSSR count). The maximum atomic E-state index is 6.46. The van der Waals surface area contributed by atoms with Gasteiger partial charge in [0.15, 0.2) is 5.58 Å². The minimum absolute atomic E-state index is 0.602. The molecule has 0 saturated heterocycles. The van der Waals surface area contributed by atoms with E-state index in [1.54, 1.807) is 0 Å². The topological polar surface area (TPSA) is 42.4 Å². The van der Waals surface area contributed by atoms with E-state index in [4.69, 9.17) is 13.8 Å². The number of anilines is 3. The highest BCUT2D eigenvalue weighted by atomic mass is 32.1. The van der Waals surface area contributed by atoms with Crippen LogP contribution in [0.15, 0.2) is 215 Å². The molecule has 0 fully saturated rings. The highest BCUT2D eigenvalue weighted by Crippen LogP contribution is 2.44. The van der Waals surface area contributed by atoms with Gasteiger partial charge in [0.05, 0.1) is 11.1 Å². The molecule has 0 spiro atoms. The summed E-state index contributed by atoms with van der Waals surface area (Å²) in [5.74, 6) is 0.602. The Kier molecular flexibility index (Phi) is 8.00. The first-order valence-electron chi connectivity index (χ1n) is 20.1. The van der Waals surface area contributed by atoms with E-state index in [-0.39, 0.29) is 0 Å². The summed E-state index contributed by atoms with van der Waals surface area (Å²) in [6.07, 6.45) is 0. The van der Waals surface area contributed by atoms with Gasteiger partial charge in [-0.15, -0.1) is 11.3 Å². The summed E-state index contributed by atoms with van der Waals surface area (Å²) in [5, 5.41) is 4.60. The third-order valence-corrected chi connectivity index (χ3v) is 12.8. The van der Waals surface area contributed by atoms with Crippen molar-refractivity contribution in [2.24, 2.45) is 0 Å². The van der Waals surface area contributed by atoms with Crippen molar-refractivity contribution in [3.05, 3.63) is 206 Å². The van der Waals surface area contributed by atoms with Crippen molar-refractivity contribution in [1.29, 1.82) is 0 Å². The number of oxazole rings is 1. The van der Waals surface area contributed by atoms with Crippen LogP contribution in [0, 0.1) is 0 Å². The molecule has 4 nitrogen and oxygen atoms in total. The van der Waals surface area contributed by atoms with Gasteiger partial charge in [-0.3, -0.25) is 0 Å². The lowest BCUT2D eigenvalue weighted by molar-refractivity contribution is 0.619. The molecule has 282 valence electrons. The second-order valence-corrected chi connectivity index (χ2v) is 16.1. The summed E-state index contributed by atoms with van der Waals surface area (Å²) < 4.78 is 15.3. The Hall–Kier alpha value is -7.73. The van der Waals surface area contributed by atoms with Crippen LogP contribution in [0.25, 0.3) is 98.0 Å². The Morgan fingerprint density at radius 2 is 1.02 bits per heavy atom. The monoisotopic (exact) mass is 786 g/mol. The molecule has 0 N–H and O–H groups in total. The summed E-state index contributed by atoms with van der Waals surface area (Å²) >= 11 is 1.87. The van der Waals surface area contributed by atoms with Gasteiger partial charge in [0, 0.05) is 48.1 Å². The number of rotatable bonds is 7. The SMILES string of the molecule is c1ccc(-c2nc3c(ccc4oc5cc(-c6ccc(N(c7ccc(-c8cccc9c8sc8ccccc89)cc7)c7ccccc7-c7ccccc7)cc6)ccc5c43)o2)cc1. The van der Waals surface area contributed by atoms with Gasteiger partial charge >= 0.3 is 0 Å². The first kappa shape index (κ1) is 34.3. The number of fused-ring (bicyclic) bond motifs is 8. The average Bonchev–Trinajstić information content (AvgIpc) is 4.04. The zero-order valence-electron chi connectivity index (χ0n) is 32.2. The van der Waals surface area contributed by atoms with Gasteiger partial charge in [-0.25, -0.2) is 4.98 Å². The number of furan rings is 1. The molecule has 0 aliphatic rings.